The van der Waals surface area contributed by atoms with Crippen molar-refractivity contribution < 1.29 is 33.4 Å². The molecule has 2 N–H and O–H groups in total. The summed E-state index contributed by atoms with van der Waals surface area (Å²) in [5.74, 6) is -2.01. The number of carbonyl (C=O) groups excluding carboxylic acids is 5. The summed E-state index contributed by atoms with van der Waals surface area (Å²) in [5, 5.41) is 9.01. The Balaban J connectivity index is 1.81. The zero-order chi connectivity index (χ0) is 47.1. The summed E-state index contributed by atoms with van der Waals surface area (Å²) >= 11 is 1.50. The SMILES string of the molecule is CC[C@@H](CC(C)C)C(=O)N(C)[C@H](C(=O)N[C@H](C(=O)N(C)[C@@H]([C@@H](C)CC)[C@@H](CC(=O)N1CCC[C@H]1[C@H](OC)[C@@H](C)C(=O)N[C@@H](Cc1ccccc1)c1nccs1)OC)C(C)C)C(C)C. The van der Waals surface area contributed by atoms with Crippen LogP contribution < -0.4 is 10.6 Å². The van der Waals surface area contributed by atoms with Crippen LogP contribution in [0.5, 0.6) is 0 Å². The van der Waals surface area contributed by atoms with Crippen LogP contribution in [-0.4, -0.2) is 120 Å². The molecule has 0 unspecified atom stereocenters. The van der Waals surface area contributed by atoms with E-state index in [1.807, 2.05) is 96.0 Å². The highest BCUT2D eigenvalue weighted by Gasteiger charge is 2.44. The summed E-state index contributed by atoms with van der Waals surface area (Å²) in [4.78, 5) is 80.4. The highest BCUT2D eigenvalue weighted by Crippen LogP contribution is 2.31. The van der Waals surface area contributed by atoms with E-state index in [0.717, 1.165) is 23.4 Å². The Morgan fingerprint density at radius 3 is 2.05 bits per heavy atom. The maximum atomic E-state index is 14.6. The van der Waals surface area contributed by atoms with Crippen LogP contribution in [0, 0.1) is 35.5 Å². The highest BCUT2D eigenvalue weighted by atomic mass is 32.1. The first-order valence-electron chi connectivity index (χ1n) is 23.2. The van der Waals surface area contributed by atoms with Gasteiger partial charge >= 0.3 is 0 Å². The summed E-state index contributed by atoms with van der Waals surface area (Å²) in [7, 11) is 6.57. The molecule has 1 aromatic carbocycles. The largest absolute Gasteiger partial charge is 0.379 e. The number of benzene rings is 1. The number of methoxy groups -OCH3 is 2. The molecule has 1 aliphatic rings. The molecule has 13 nitrogen and oxygen atoms in total. The Hall–Kier alpha value is -3.88. The number of likely N-dealkylation sites (tertiary alicyclic amines) is 1. The van der Waals surface area contributed by atoms with E-state index >= 15 is 0 Å². The van der Waals surface area contributed by atoms with Crippen LogP contribution in [-0.2, 0) is 39.9 Å². The van der Waals surface area contributed by atoms with Crippen molar-refractivity contribution in [1.29, 1.82) is 0 Å². The van der Waals surface area contributed by atoms with Crippen LogP contribution in [0.25, 0.3) is 0 Å². The van der Waals surface area contributed by atoms with E-state index < -0.39 is 36.3 Å². The van der Waals surface area contributed by atoms with Gasteiger partial charge in [0.2, 0.25) is 29.5 Å². The van der Waals surface area contributed by atoms with Gasteiger partial charge in [0.05, 0.1) is 42.7 Å². The molecule has 2 aromatic rings. The monoisotopic (exact) mass is 897 g/mol. The minimum Gasteiger partial charge on any atom is -0.379 e. The molecule has 63 heavy (non-hydrogen) atoms. The van der Waals surface area contributed by atoms with Gasteiger partial charge in [-0.05, 0) is 61.3 Å². The molecule has 0 bridgehead atoms. The molecule has 2 heterocycles. The lowest BCUT2D eigenvalue weighted by atomic mass is 9.89. The van der Waals surface area contributed by atoms with E-state index in [4.69, 9.17) is 9.47 Å². The van der Waals surface area contributed by atoms with Crippen molar-refractivity contribution in [1.82, 2.24) is 30.3 Å². The molecule has 354 valence electrons. The van der Waals surface area contributed by atoms with E-state index in [-0.39, 0.29) is 71.7 Å². The second kappa shape index (κ2) is 25.6. The number of amides is 5. The van der Waals surface area contributed by atoms with Crippen molar-refractivity contribution in [3.8, 4) is 0 Å². The zero-order valence-electron chi connectivity index (χ0n) is 40.8. The topological polar surface area (TPSA) is 150 Å². The molecule has 0 aliphatic carbocycles. The van der Waals surface area contributed by atoms with Gasteiger partial charge in [0.25, 0.3) is 0 Å². The molecule has 3 rings (SSSR count). The second-order valence-corrected chi connectivity index (χ2v) is 19.7. The summed E-state index contributed by atoms with van der Waals surface area (Å²) in [6, 6.07) is 7.18. The lowest BCUT2D eigenvalue weighted by Gasteiger charge is -2.41. The first kappa shape index (κ1) is 53.5. The Morgan fingerprint density at radius 2 is 1.52 bits per heavy atom. The number of likely N-dealkylation sites (N-methyl/N-ethyl adjacent to an activating group) is 2. The van der Waals surface area contributed by atoms with Gasteiger partial charge in [-0.1, -0.05) is 106 Å². The number of rotatable bonds is 25. The molecule has 10 atom stereocenters. The number of ether oxygens (including phenoxy) is 2. The fourth-order valence-electron chi connectivity index (χ4n) is 9.40. The minimum atomic E-state index is -0.884. The molecule has 0 saturated carbocycles. The Kier molecular flexibility index (Phi) is 21.7. The van der Waals surface area contributed by atoms with Crippen LogP contribution in [0.2, 0.25) is 0 Å². The van der Waals surface area contributed by atoms with Gasteiger partial charge in [-0.15, -0.1) is 11.3 Å². The van der Waals surface area contributed by atoms with Gasteiger partial charge < -0.3 is 34.8 Å². The highest BCUT2D eigenvalue weighted by molar-refractivity contribution is 7.09. The lowest BCUT2D eigenvalue weighted by Crippen LogP contribution is -2.60. The predicted molar refractivity (Wildman–Crippen MR) is 251 cm³/mol. The third-order valence-electron chi connectivity index (χ3n) is 13.1. The standard InChI is InChI=1S/C49H80N6O7S/c1-15-33(9)43(54(12)49(60)41(31(5)6)52-46(58)42(32(7)8)53(11)48(59)36(16-2)27-30(3)4)39(61-13)29-40(56)55-25-20-23-38(55)44(62-14)34(10)45(57)51-37(47-50-24-26-63-47)28-35-21-18-17-19-22-35/h17-19,21-22,24,26,30-34,36-39,41-44H,15-16,20,23,25,27-29H2,1-14H3,(H,51,57)(H,52,58)/t33-,34+,36-,37-,38-,39+,41-,42-,43-,44+/m0/s1. The maximum Gasteiger partial charge on any atom is 0.245 e. The molecule has 14 heteroatoms. The number of nitrogens with one attached hydrogen (secondary N) is 2. The molecular weight excluding hydrogens is 817 g/mol. The number of aromatic nitrogens is 1. The summed E-state index contributed by atoms with van der Waals surface area (Å²) in [6.45, 7) is 20.2. The van der Waals surface area contributed by atoms with Crippen LogP contribution in [0.3, 0.4) is 0 Å². The summed E-state index contributed by atoms with van der Waals surface area (Å²) < 4.78 is 12.2. The van der Waals surface area contributed by atoms with Crippen molar-refractivity contribution in [2.45, 2.75) is 157 Å². The Morgan fingerprint density at radius 1 is 0.857 bits per heavy atom. The van der Waals surface area contributed by atoms with Crippen LogP contribution >= 0.6 is 11.3 Å². The molecule has 1 fully saturated rings. The van der Waals surface area contributed by atoms with Gasteiger partial charge in [-0.3, -0.25) is 24.0 Å². The van der Waals surface area contributed by atoms with Crippen LogP contribution in [0.4, 0.5) is 0 Å². The number of hydrogen-bond donors (Lipinski definition) is 2. The van der Waals surface area contributed by atoms with Gasteiger partial charge in [0.1, 0.15) is 17.1 Å². The fraction of sp³-hybridized carbons (Fsp3) is 0.714. The van der Waals surface area contributed by atoms with Crippen LogP contribution in [0.1, 0.15) is 124 Å². The molecule has 1 aliphatic heterocycles. The Labute approximate surface area is 382 Å². The smallest absolute Gasteiger partial charge is 0.245 e. The molecule has 0 radical (unpaired) electrons. The fourth-order valence-corrected chi connectivity index (χ4v) is 10.1. The third kappa shape index (κ3) is 14.3. The molecule has 1 saturated heterocycles. The summed E-state index contributed by atoms with van der Waals surface area (Å²) in [5.41, 5.74) is 1.08. The number of hydrogen-bond acceptors (Lipinski definition) is 9. The summed E-state index contributed by atoms with van der Waals surface area (Å²) in [6.07, 6.45) is 4.67. The molecular formula is C49H80N6O7S. The van der Waals surface area contributed by atoms with E-state index in [1.54, 1.807) is 44.3 Å². The minimum absolute atomic E-state index is 0.00976. The van der Waals surface area contributed by atoms with E-state index in [2.05, 4.69) is 29.5 Å². The maximum absolute atomic E-state index is 14.6. The van der Waals surface area contributed by atoms with Crippen molar-refractivity contribution in [3.63, 3.8) is 0 Å². The predicted octanol–water partition coefficient (Wildman–Crippen LogP) is 7.16. The quantitative estimate of drug-likeness (QED) is 0.107. The Bertz CT molecular complexity index is 1730. The van der Waals surface area contributed by atoms with Crippen molar-refractivity contribution in [2.75, 3.05) is 34.9 Å². The van der Waals surface area contributed by atoms with Gasteiger partial charge in [0, 0.05) is 52.4 Å². The first-order chi connectivity index (χ1) is 29.8. The van der Waals surface area contributed by atoms with E-state index in [1.165, 1.54) is 11.3 Å². The first-order valence-corrected chi connectivity index (χ1v) is 24.1. The van der Waals surface area contributed by atoms with Gasteiger partial charge in [0.15, 0.2) is 0 Å². The lowest BCUT2D eigenvalue weighted by molar-refractivity contribution is -0.149. The van der Waals surface area contributed by atoms with E-state index in [0.29, 0.717) is 38.1 Å². The molecule has 1 aromatic heterocycles. The average molecular weight is 897 g/mol. The molecule has 5 amide bonds. The van der Waals surface area contributed by atoms with Gasteiger partial charge in [-0.25, -0.2) is 4.98 Å². The number of thiazole rings is 1. The number of carbonyl (C=O) groups is 5. The normalized spacial score (nSPS) is 18.6. The van der Waals surface area contributed by atoms with Gasteiger partial charge in [-0.2, -0.15) is 0 Å². The average Bonchev–Trinajstić information content (AvgIpc) is 3.98. The van der Waals surface area contributed by atoms with Crippen LogP contribution in [0.15, 0.2) is 41.9 Å². The zero-order valence-corrected chi connectivity index (χ0v) is 41.6. The number of nitrogens with zero attached hydrogens (tertiary/aromatic N) is 4. The van der Waals surface area contributed by atoms with Crippen molar-refractivity contribution >= 4 is 40.9 Å². The van der Waals surface area contributed by atoms with Crippen molar-refractivity contribution in [2.24, 2.45) is 35.5 Å². The second-order valence-electron chi connectivity index (χ2n) is 18.8. The molecule has 0 spiro atoms. The third-order valence-corrected chi connectivity index (χ3v) is 14.0. The van der Waals surface area contributed by atoms with E-state index in [9.17, 15) is 24.0 Å². The van der Waals surface area contributed by atoms with Crippen molar-refractivity contribution in [3.05, 3.63) is 52.5 Å².